The summed E-state index contributed by atoms with van der Waals surface area (Å²) in [7, 11) is 0. The van der Waals surface area contributed by atoms with E-state index in [1.165, 1.54) is 0 Å². The van der Waals surface area contributed by atoms with E-state index in [9.17, 15) is 9.59 Å². The van der Waals surface area contributed by atoms with Crippen LogP contribution >= 0.6 is 0 Å². The van der Waals surface area contributed by atoms with E-state index < -0.39 is 12.0 Å². The standard InChI is InChI=1S/C13H22N2O4/c1-2-19-13(17)11(14)12(16)15(10-3-4-10)7-9-5-6-18-8-9/h9-11H,2-8,14H2,1H3. The highest BCUT2D eigenvalue weighted by Gasteiger charge is 2.38. The summed E-state index contributed by atoms with van der Waals surface area (Å²) in [6.45, 7) is 4.01. The van der Waals surface area contributed by atoms with Gasteiger partial charge < -0.3 is 20.1 Å². The molecule has 0 aromatic rings. The van der Waals surface area contributed by atoms with Crippen molar-refractivity contribution in [1.82, 2.24) is 4.90 Å². The van der Waals surface area contributed by atoms with Crippen molar-refractivity contribution < 1.29 is 19.1 Å². The number of hydrogen-bond acceptors (Lipinski definition) is 5. The zero-order valence-electron chi connectivity index (χ0n) is 11.3. The zero-order valence-corrected chi connectivity index (χ0v) is 11.3. The van der Waals surface area contributed by atoms with Crippen molar-refractivity contribution in [3.63, 3.8) is 0 Å². The molecule has 6 nitrogen and oxygen atoms in total. The summed E-state index contributed by atoms with van der Waals surface area (Å²) in [6.07, 6.45) is 2.95. The Balaban J connectivity index is 1.93. The molecule has 1 saturated heterocycles. The largest absolute Gasteiger partial charge is 0.464 e. The summed E-state index contributed by atoms with van der Waals surface area (Å²) in [5.74, 6) is -0.590. The van der Waals surface area contributed by atoms with Crippen LogP contribution in [-0.2, 0) is 19.1 Å². The summed E-state index contributed by atoms with van der Waals surface area (Å²) < 4.78 is 10.1. The molecule has 108 valence electrons. The molecule has 2 rings (SSSR count). The number of amides is 1. The maximum atomic E-state index is 12.3. The fraction of sp³-hybridized carbons (Fsp3) is 0.846. The average Bonchev–Trinajstić information content (AvgIpc) is 3.11. The van der Waals surface area contributed by atoms with Crippen LogP contribution in [0.3, 0.4) is 0 Å². The van der Waals surface area contributed by atoms with Gasteiger partial charge in [-0.05, 0) is 26.2 Å². The van der Waals surface area contributed by atoms with Gasteiger partial charge in [0, 0.05) is 25.1 Å². The molecule has 2 atom stereocenters. The molecule has 0 bridgehead atoms. The van der Waals surface area contributed by atoms with Crippen molar-refractivity contribution in [2.75, 3.05) is 26.4 Å². The number of nitrogens with two attached hydrogens (primary N) is 1. The predicted molar refractivity (Wildman–Crippen MR) is 68.3 cm³/mol. The second-order valence-electron chi connectivity index (χ2n) is 5.18. The second-order valence-corrected chi connectivity index (χ2v) is 5.18. The van der Waals surface area contributed by atoms with Crippen molar-refractivity contribution >= 4 is 11.9 Å². The lowest BCUT2D eigenvalue weighted by Gasteiger charge is -2.27. The Labute approximate surface area is 113 Å². The van der Waals surface area contributed by atoms with Crippen LogP contribution in [0.1, 0.15) is 26.2 Å². The van der Waals surface area contributed by atoms with Crippen LogP contribution in [0.4, 0.5) is 0 Å². The van der Waals surface area contributed by atoms with Gasteiger partial charge in [-0.3, -0.25) is 4.79 Å². The minimum atomic E-state index is -1.19. The first kappa shape index (κ1) is 14.3. The Hall–Kier alpha value is -1.14. The molecular weight excluding hydrogens is 248 g/mol. The van der Waals surface area contributed by atoms with Crippen molar-refractivity contribution in [2.24, 2.45) is 11.7 Å². The summed E-state index contributed by atoms with van der Waals surface area (Å²) in [5, 5.41) is 0. The first-order valence-corrected chi connectivity index (χ1v) is 6.94. The Kier molecular flexibility index (Phi) is 4.76. The smallest absolute Gasteiger partial charge is 0.332 e. The summed E-state index contributed by atoms with van der Waals surface area (Å²) in [4.78, 5) is 25.6. The molecule has 1 aliphatic heterocycles. The van der Waals surface area contributed by atoms with Crippen molar-refractivity contribution in [1.29, 1.82) is 0 Å². The van der Waals surface area contributed by atoms with Crippen LogP contribution in [0, 0.1) is 5.92 Å². The maximum absolute atomic E-state index is 12.3. The van der Waals surface area contributed by atoms with Gasteiger partial charge in [0.05, 0.1) is 13.2 Å². The molecule has 2 aliphatic rings. The zero-order chi connectivity index (χ0) is 13.8. The molecule has 0 aromatic carbocycles. The molecule has 2 N–H and O–H groups in total. The predicted octanol–water partition coefficient (Wildman–Crippen LogP) is -0.0957. The number of carbonyl (C=O) groups excluding carboxylic acids is 2. The molecule has 0 aromatic heterocycles. The van der Waals surface area contributed by atoms with Crippen molar-refractivity contribution in [3.8, 4) is 0 Å². The molecule has 2 fully saturated rings. The quantitative estimate of drug-likeness (QED) is 0.538. The number of hydrogen-bond donors (Lipinski definition) is 1. The van der Waals surface area contributed by atoms with Crippen LogP contribution in [-0.4, -0.2) is 55.2 Å². The van der Waals surface area contributed by atoms with Crippen LogP contribution in [0.5, 0.6) is 0 Å². The third kappa shape index (κ3) is 3.67. The molecular formula is C13H22N2O4. The molecule has 1 amide bonds. The van der Waals surface area contributed by atoms with E-state index in [-0.39, 0.29) is 18.6 Å². The number of nitrogens with zero attached hydrogens (tertiary/aromatic N) is 1. The molecule has 19 heavy (non-hydrogen) atoms. The SMILES string of the molecule is CCOC(=O)C(N)C(=O)N(CC1CCOC1)C1CC1. The van der Waals surface area contributed by atoms with E-state index in [4.69, 9.17) is 15.2 Å². The highest BCUT2D eigenvalue weighted by molar-refractivity contribution is 6.01. The van der Waals surface area contributed by atoms with Crippen LogP contribution in [0.15, 0.2) is 0 Å². The molecule has 2 unspecified atom stereocenters. The lowest BCUT2D eigenvalue weighted by molar-refractivity contribution is -0.151. The van der Waals surface area contributed by atoms with Gasteiger partial charge in [-0.1, -0.05) is 0 Å². The molecule has 0 spiro atoms. The Morgan fingerprint density at radius 2 is 2.16 bits per heavy atom. The number of carbonyl (C=O) groups is 2. The van der Waals surface area contributed by atoms with Gasteiger partial charge in [0.2, 0.25) is 0 Å². The molecule has 1 saturated carbocycles. The van der Waals surface area contributed by atoms with E-state index in [1.807, 2.05) is 0 Å². The summed E-state index contributed by atoms with van der Waals surface area (Å²) in [5.41, 5.74) is 5.69. The number of esters is 1. The van der Waals surface area contributed by atoms with Crippen molar-refractivity contribution in [3.05, 3.63) is 0 Å². The van der Waals surface area contributed by atoms with Gasteiger partial charge >= 0.3 is 5.97 Å². The first-order chi connectivity index (χ1) is 9.13. The summed E-state index contributed by atoms with van der Waals surface area (Å²) >= 11 is 0. The average molecular weight is 270 g/mol. The molecule has 1 aliphatic carbocycles. The van der Waals surface area contributed by atoms with Crippen molar-refractivity contribution in [2.45, 2.75) is 38.3 Å². The third-order valence-corrected chi connectivity index (χ3v) is 3.56. The fourth-order valence-electron chi connectivity index (χ4n) is 2.32. The van der Waals surface area contributed by atoms with Gasteiger partial charge in [0.15, 0.2) is 6.04 Å². The van der Waals surface area contributed by atoms with Crippen LogP contribution in [0.25, 0.3) is 0 Å². The summed E-state index contributed by atoms with van der Waals surface area (Å²) in [6, 6.07) is -0.948. The number of ether oxygens (including phenoxy) is 2. The highest BCUT2D eigenvalue weighted by atomic mass is 16.5. The van der Waals surface area contributed by atoms with Crippen LogP contribution in [0.2, 0.25) is 0 Å². The fourth-order valence-corrected chi connectivity index (χ4v) is 2.32. The van der Waals surface area contributed by atoms with E-state index >= 15 is 0 Å². The minimum absolute atomic E-state index is 0.236. The maximum Gasteiger partial charge on any atom is 0.332 e. The Morgan fingerprint density at radius 1 is 1.42 bits per heavy atom. The Bertz CT molecular complexity index is 338. The lowest BCUT2D eigenvalue weighted by atomic mass is 10.1. The van der Waals surface area contributed by atoms with E-state index in [0.717, 1.165) is 25.9 Å². The third-order valence-electron chi connectivity index (χ3n) is 3.56. The molecule has 1 heterocycles. The molecule has 0 radical (unpaired) electrons. The van der Waals surface area contributed by atoms with Gasteiger partial charge in [0.1, 0.15) is 0 Å². The van der Waals surface area contributed by atoms with E-state index in [0.29, 0.717) is 19.1 Å². The Morgan fingerprint density at radius 3 is 2.68 bits per heavy atom. The van der Waals surface area contributed by atoms with Gasteiger partial charge in [-0.25, -0.2) is 4.79 Å². The monoisotopic (exact) mass is 270 g/mol. The lowest BCUT2D eigenvalue weighted by Crippen LogP contribution is -2.51. The highest BCUT2D eigenvalue weighted by Crippen LogP contribution is 2.29. The van der Waals surface area contributed by atoms with Gasteiger partial charge in [-0.2, -0.15) is 0 Å². The molecule has 6 heteroatoms. The topological polar surface area (TPSA) is 81.9 Å². The minimum Gasteiger partial charge on any atom is -0.464 e. The normalized spacial score (nSPS) is 24.0. The first-order valence-electron chi connectivity index (χ1n) is 6.94. The van der Waals surface area contributed by atoms with Gasteiger partial charge in [0.25, 0.3) is 5.91 Å². The van der Waals surface area contributed by atoms with E-state index in [1.54, 1.807) is 11.8 Å². The second kappa shape index (κ2) is 6.34. The van der Waals surface area contributed by atoms with Crippen LogP contribution < -0.4 is 5.73 Å². The number of rotatable bonds is 6. The van der Waals surface area contributed by atoms with Gasteiger partial charge in [-0.15, -0.1) is 0 Å². The van der Waals surface area contributed by atoms with E-state index in [2.05, 4.69) is 0 Å².